The monoisotopic (exact) mass is 339 g/mol. The summed E-state index contributed by atoms with van der Waals surface area (Å²) in [6.07, 6.45) is 7.17. The van der Waals surface area contributed by atoms with Gasteiger partial charge in [-0.2, -0.15) is 0 Å². The van der Waals surface area contributed by atoms with Gasteiger partial charge in [0.25, 0.3) is 0 Å². The van der Waals surface area contributed by atoms with E-state index in [-0.39, 0.29) is 5.92 Å². The zero-order valence-electron chi connectivity index (χ0n) is 14.0. The number of nitrogens with two attached hydrogens (primary N) is 1. The Balaban J connectivity index is 1.83. The van der Waals surface area contributed by atoms with E-state index in [0.29, 0.717) is 18.3 Å². The maximum atomic E-state index is 10.8. The Labute approximate surface area is 137 Å². The van der Waals surface area contributed by atoms with Crippen LogP contribution in [0.25, 0.3) is 0 Å². The van der Waals surface area contributed by atoms with Crippen molar-refractivity contribution in [1.82, 2.24) is 4.90 Å². The third kappa shape index (κ3) is 2.78. The van der Waals surface area contributed by atoms with E-state index in [9.17, 15) is 5.11 Å². The Morgan fingerprint density at radius 1 is 1.61 bits per heavy atom. The number of hydrogen-bond donors (Lipinski definition) is 2. The average molecular weight is 339 g/mol. The zero-order chi connectivity index (χ0) is 17.0. The summed E-state index contributed by atoms with van der Waals surface area (Å²) < 4.78 is 12.2. The fraction of sp³-hybridized carbons (Fsp3) is 0.625. The fourth-order valence-electron chi connectivity index (χ4n) is 3.69. The van der Waals surface area contributed by atoms with Crippen molar-refractivity contribution in [1.29, 1.82) is 0 Å². The second kappa shape index (κ2) is 5.49. The molecule has 3 aliphatic heterocycles. The van der Waals surface area contributed by atoms with Gasteiger partial charge in [-0.3, -0.25) is 0 Å². The van der Waals surface area contributed by atoms with Gasteiger partial charge in [0.2, 0.25) is 0 Å². The lowest BCUT2D eigenvalue weighted by molar-refractivity contribution is -0.195. The molecule has 0 aliphatic carbocycles. The van der Waals surface area contributed by atoms with Crippen molar-refractivity contribution in [2.75, 3.05) is 26.1 Å². The minimum absolute atomic E-state index is 0.156. The van der Waals surface area contributed by atoms with Gasteiger partial charge in [-0.05, 0) is 31.5 Å². The van der Waals surface area contributed by atoms with Crippen molar-refractivity contribution in [3.63, 3.8) is 0 Å². The molecule has 0 spiro atoms. The molecule has 0 amide bonds. The van der Waals surface area contributed by atoms with E-state index in [0.717, 1.165) is 6.16 Å². The van der Waals surface area contributed by atoms with Crippen LogP contribution >= 0.6 is 6.89 Å². The van der Waals surface area contributed by atoms with Gasteiger partial charge in [0.1, 0.15) is 29.5 Å². The first-order chi connectivity index (χ1) is 10.6. The number of aliphatic hydroxyl groups is 1. The zero-order valence-corrected chi connectivity index (χ0v) is 14.9. The molecule has 2 saturated heterocycles. The molecule has 6 nitrogen and oxygen atoms in total. The molecule has 23 heavy (non-hydrogen) atoms. The number of fused-ring (bicyclic) bond motifs is 2. The molecular weight excluding hydrogens is 313 g/mol. The quantitative estimate of drug-likeness (QED) is 0.742. The van der Waals surface area contributed by atoms with E-state index in [1.54, 1.807) is 17.2 Å². The Bertz CT molecular complexity index is 626. The Morgan fingerprint density at radius 2 is 2.30 bits per heavy atom. The molecule has 7 heteroatoms. The van der Waals surface area contributed by atoms with Crippen LogP contribution in [-0.4, -0.2) is 72.3 Å². The molecule has 3 N–H and O–H groups in total. The van der Waals surface area contributed by atoms with Crippen LogP contribution in [0.1, 0.15) is 6.92 Å². The van der Waals surface area contributed by atoms with Gasteiger partial charge in [-0.15, -0.1) is 13.2 Å². The second-order valence-electron chi connectivity index (χ2n) is 7.38. The first-order valence-electron chi connectivity index (χ1n) is 7.78. The molecule has 0 saturated carbocycles. The van der Waals surface area contributed by atoms with Crippen molar-refractivity contribution in [3.8, 4) is 0 Å². The summed E-state index contributed by atoms with van der Waals surface area (Å²) in [7, 11) is 0. The highest BCUT2D eigenvalue weighted by atomic mass is 31.2. The molecule has 3 aliphatic rings. The lowest BCUT2D eigenvalue weighted by Crippen LogP contribution is -2.50. The van der Waals surface area contributed by atoms with Gasteiger partial charge in [-0.1, -0.05) is 13.5 Å². The molecule has 2 fully saturated rings. The number of rotatable bonds is 4. The summed E-state index contributed by atoms with van der Waals surface area (Å²) in [5.74, 6) is 1.05. The normalized spacial score (nSPS) is 38.1. The number of aliphatic imine (C=N–C) groups is 1. The van der Waals surface area contributed by atoms with Crippen LogP contribution in [0.4, 0.5) is 0 Å². The highest BCUT2D eigenvalue weighted by molar-refractivity contribution is 7.72. The van der Waals surface area contributed by atoms with Crippen molar-refractivity contribution < 1.29 is 14.6 Å². The molecule has 2 bridgehead atoms. The highest BCUT2D eigenvalue weighted by Gasteiger charge is 2.64. The van der Waals surface area contributed by atoms with Gasteiger partial charge in [0, 0.05) is 6.20 Å². The number of nitrogens with zero attached hydrogens (tertiary/aromatic N) is 2. The molecule has 0 aromatic carbocycles. The summed E-state index contributed by atoms with van der Waals surface area (Å²) in [6, 6.07) is 0. The maximum absolute atomic E-state index is 10.8. The third-order valence-electron chi connectivity index (χ3n) is 4.77. The summed E-state index contributed by atoms with van der Waals surface area (Å²) in [4.78, 5) is 5.94. The summed E-state index contributed by atoms with van der Waals surface area (Å²) in [6.45, 7) is 9.58. The van der Waals surface area contributed by atoms with Gasteiger partial charge in [0.15, 0.2) is 6.23 Å². The molecule has 3 rings (SSSR count). The summed E-state index contributed by atoms with van der Waals surface area (Å²) in [5, 5.41) is 10.8. The second-order valence-corrected chi connectivity index (χ2v) is 11.6. The van der Waals surface area contributed by atoms with E-state index in [2.05, 4.69) is 38.1 Å². The van der Waals surface area contributed by atoms with E-state index < -0.39 is 30.9 Å². The Kier molecular flexibility index (Phi) is 4.00. The molecular formula is C16H26N3O3P. The molecule has 3 heterocycles. The number of aliphatic hydroxyl groups excluding tert-OH is 1. The molecule has 128 valence electrons. The van der Waals surface area contributed by atoms with E-state index in [4.69, 9.17) is 15.2 Å². The van der Waals surface area contributed by atoms with E-state index >= 15 is 0 Å². The van der Waals surface area contributed by atoms with Crippen LogP contribution in [0.3, 0.4) is 0 Å². The van der Waals surface area contributed by atoms with Gasteiger partial charge >= 0.3 is 0 Å². The van der Waals surface area contributed by atoms with Crippen LogP contribution < -0.4 is 5.73 Å². The van der Waals surface area contributed by atoms with Gasteiger partial charge in [0.05, 0.1) is 6.61 Å². The first kappa shape index (κ1) is 16.8. The molecule has 1 unspecified atom stereocenters. The van der Waals surface area contributed by atoms with Crippen LogP contribution in [0.15, 0.2) is 29.7 Å². The Hall–Kier alpha value is -1.07. The number of amidine groups is 1. The molecule has 0 aromatic heterocycles. The van der Waals surface area contributed by atoms with Crippen LogP contribution in [0.2, 0.25) is 0 Å². The highest BCUT2D eigenvalue weighted by Crippen LogP contribution is 2.50. The minimum Gasteiger partial charge on any atom is -0.387 e. The lowest BCUT2D eigenvalue weighted by Gasteiger charge is -2.40. The van der Waals surface area contributed by atoms with Crippen LogP contribution in [0.5, 0.6) is 0 Å². The topological polar surface area (TPSA) is 80.3 Å². The SMILES string of the molecule is C=C1N=C(N)C=CN1[C@@H]1O[C@@]2(C(C)CP(=C)(C)C)CO[C@@H]1[C@@H]2O. The molecule has 5 atom stereocenters. The van der Waals surface area contributed by atoms with Crippen molar-refractivity contribution in [3.05, 3.63) is 24.7 Å². The minimum atomic E-state index is -1.24. The third-order valence-corrected chi connectivity index (χ3v) is 6.31. The van der Waals surface area contributed by atoms with Crippen LogP contribution in [0, 0.1) is 5.92 Å². The Morgan fingerprint density at radius 3 is 2.91 bits per heavy atom. The average Bonchev–Trinajstić information content (AvgIpc) is 2.89. The molecule has 0 radical (unpaired) electrons. The smallest absolute Gasteiger partial charge is 0.165 e. The van der Waals surface area contributed by atoms with Crippen molar-refractivity contribution in [2.45, 2.75) is 31.0 Å². The maximum Gasteiger partial charge on any atom is 0.165 e. The predicted octanol–water partition coefficient (Wildman–Crippen LogP) is 0.844. The van der Waals surface area contributed by atoms with E-state index in [1.165, 1.54) is 0 Å². The van der Waals surface area contributed by atoms with Crippen molar-refractivity contribution >= 4 is 19.0 Å². The van der Waals surface area contributed by atoms with Crippen molar-refractivity contribution in [2.24, 2.45) is 16.6 Å². The number of ether oxygens (including phenoxy) is 2. The van der Waals surface area contributed by atoms with E-state index in [1.807, 2.05) is 0 Å². The fourth-order valence-corrected chi connectivity index (χ4v) is 5.49. The number of hydrogen-bond acceptors (Lipinski definition) is 6. The summed E-state index contributed by atoms with van der Waals surface area (Å²) in [5.41, 5.74) is 4.99. The lowest BCUT2D eigenvalue weighted by atomic mass is 9.87. The van der Waals surface area contributed by atoms with Gasteiger partial charge < -0.3 is 25.2 Å². The first-order valence-corrected chi connectivity index (χ1v) is 10.8. The largest absolute Gasteiger partial charge is 0.387 e. The summed E-state index contributed by atoms with van der Waals surface area (Å²) >= 11 is 0. The molecule has 0 aromatic rings. The van der Waals surface area contributed by atoms with Gasteiger partial charge in [-0.25, -0.2) is 4.99 Å². The van der Waals surface area contributed by atoms with Crippen LogP contribution in [-0.2, 0) is 9.47 Å². The predicted molar refractivity (Wildman–Crippen MR) is 95.0 cm³/mol. The standard InChI is InChI=1S/C16H26N3O3P/c1-10(8-23(3,4)5)16-9-21-13(14(16)20)15(22-16)19-7-6-12(17)18-11(19)2/h6-7,10,13-15,20H,2-3,8-9H2,1,4-5H3,(H2,17,18)/t10?,13-,14+,15-,16-/m1/s1.